The maximum atomic E-state index is 12.6. The molecule has 25 heavy (non-hydrogen) atoms. The zero-order valence-electron chi connectivity index (χ0n) is 13.9. The smallest absolute Gasteiger partial charge is 0.265 e. The molecular formula is C18H18N4O2S. The number of hydrogen-bond donors (Lipinski definition) is 1. The highest BCUT2D eigenvalue weighted by molar-refractivity contribution is 8.04. The van der Waals surface area contributed by atoms with Crippen LogP contribution in [-0.4, -0.2) is 40.0 Å². The zero-order valence-corrected chi connectivity index (χ0v) is 14.7. The normalized spacial score (nSPS) is 18.4. The molecule has 1 N–H and O–H groups in total. The van der Waals surface area contributed by atoms with Crippen molar-refractivity contribution in [1.29, 1.82) is 5.26 Å². The van der Waals surface area contributed by atoms with E-state index in [4.69, 9.17) is 6.42 Å². The monoisotopic (exact) mass is 354 g/mol. The van der Waals surface area contributed by atoms with Crippen molar-refractivity contribution in [3.63, 3.8) is 0 Å². The lowest BCUT2D eigenvalue weighted by Crippen LogP contribution is -2.31. The van der Waals surface area contributed by atoms with Crippen LogP contribution in [0.4, 0.5) is 0 Å². The Morgan fingerprint density at radius 2 is 2.32 bits per heavy atom. The van der Waals surface area contributed by atoms with Crippen LogP contribution in [0.2, 0.25) is 0 Å². The van der Waals surface area contributed by atoms with Crippen LogP contribution >= 0.6 is 11.8 Å². The van der Waals surface area contributed by atoms with Gasteiger partial charge in [-0.25, -0.2) is 0 Å². The van der Waals surface area contributed by atoms with E-state index in [1.54, 1.807) is 6.20 Å². The van der Waals surface area contributed by atoms with Crippen molar-refractivity contribution in [3.8, 4) is 18.4 Å². The summed E-state index contributed by atoms with van der Waals surface area (Å²) in [6.07, 6.45) is 8.08. The topological polar surface area (TPSA) is 86.1 Å². The zero-order chi connectivity index (χ0) is 18.2. The largest absolute Gasteiger partial charge is 0.340 e. The number of rotatable bonds is 6. The van der Waals surface area contributed by atoms with E-state index < -0.39 is 5.91 Å². The van der Waals surface area contributed by atoms with Gasteiger partial charge in [0.1, 0.15) is 16.7 Å². The quantitative estimate of drug-likeness (QED) is 0.475. The lowest BCUT2D eigenvalue weighted by molar-refractivity contribution is -0.127. The van der Waals surface area contributed by atoms with Crippen molar-refractivity contribution in [2.45, 2.75) is 25.0 Å². The Morgan fingerprint density at radius 3 is 2.92 bits per heavy atom. The van der Waals surface area contributed by atoms with Crippen LogP contribution in [0.15, 0.2) is 35.0 Å². The highest BCUT2D eigenvalue weighted by Crippen LogP contribution is 2.39. The van der Waals surface area contributed by atoms with Crippen LogP contribution in [0.1, 0.15) is 19.0 Å². The number of hydrogen-bond acceptors (Lipinski definition) is 5. The minimum atomic E-state index is -0.556. The fourth-order valence-corrected chi connectivity index (χ4v) is 3.77. The van der Waals surface area contributed by atoms with E-state index in [1.807, 2.05) is 31.2 Å². The Kier molecular flexibility index (Phi) is 6.62. The van der Waals surface area contributed by atoms with Crippen LogP contribution < -0.4 is 5.32 Å². The van der Waals surface area contributed by atoms with E-state index in [2.05, 4.69) is 16.2 Å². The molecule has 1 saturated heterocycles. The summed E-state index contributed by atoms with van der Waals surface area (Å²) in [6, 6.07) is 7.55. The molecule has 128 valence electrons. The van der Waals surface area contributed by atoms with Crippen LogP contribution in [0, 0.1) is 23.7 Å². The predicted molar refractivity (Wildman–Crippen MR) is 95.8 cm³/mol. The molecule has 0 radical (unpaired) electrons. The lowest BCUT2D eigenvalue weighted by Gasteiger charge is -2.15. The van der Waals surface area contributed by atoms with Gasteiger partial charge in [0, 0.05) is 18.4 Å². The number of aryl methyl sites for hydroxylation is 1. The summed E-state index contributed by atoms with van der Waals surface area (Å²) in [5.74, 6) is 1.65. The number of pyridine rings is 1. The van der Waals surface area contributed by atoms with Gasteiger partial charge < -0.3 is 10.2 Å². The van der Waals surface area contributed by atoms with Gasteiger partial charge in [-0.1, -0.05) is 23.7 Å². The van der Waals surface area contributed by atoms with E-state index in [0.29, 0.717) is 24.4 Å². The second-order valence-electron chi connectivity index (χ2n) is 5.23. The van der Waals surface area contributed by atoms with Crippen molar-refractivity contribution >= 4 is 23.6 Å². The number of thioether (sulfide) groups is 1. The highest BCUT2D eigenvalue weighted by atomic mass is 32.2. The van der Waals surface area contributed by atoms with E-state index in [1.165, 1.54) is 16.7 Å². The fraction of sp³-hybridized carbons (Fsp3) is 0.333. The fourth-order valence-electron chi connectivity index (χ4n) is 2.44. The SMILES string of the molecule is C#CCNC(=O)C(C#N)=C1SC(CCc2ccccn2)C(=O)N1CC. The second kappa shape index (κ2) is 8.91. The molecule has 1 aliphatic rings. The lowest BCUT2D eigenvalue weighted by atomic mass is 10.1. The van der Waals surface area contributed by atoms with Gasteiger partial charge in [0.25, 0.3) is 5.91 Å². The first kappa shape index (κ1) is 18.6. The first-order chi connectivity index (χ1) is 12.1. The predicted octanol–water partition coefficient (Wildman–Crippen LogP) is 1.46. The number of carbonyl (C=O) groups is 2. The number of nitriles is 1. The van der Waals surface area contributed by atoms with Gasteiger partial charge in [-0.05, 0) is 31.9 Å². The average molecular weight is 354 g/mol. The molecule has 0 saturated carbocycles. The van der Waals surface area contributed by atoms with E-state index in [-0.39, 0.29) is 23.3 Å². The summed E-state index contributed by atoms with van der Waals surface area (Å²) >= 11 is 1.26. The Morgan fingerprint density at radius 1 is 1.52 bits per heavy atom. The van der Waals surface area contributed by atoms with Crippen molar-refractivity contribution in [2.75, 3.05) is 13.1 Å². The molecule has 1 unspecified atom stereocenters. The van der Waals surface area contributed by atoms with Crippen LogP contribution in [0.5, 0.6) is 0 Å². The van der Waals surface area contributed by atoms with Gasteiger partial charge in [-0.15, -0.1) is 6.42 Å². The van der Waals surface area contributed by atoms with Crippen LogP contribution in [0.25, 0.3) is 0 Å². The van der Waals surface area contributed by atoms with Crippen LogP contribution in [0.3, 0.4) is 0 Å². The van der Waals surface area contributed by atoms with Gasteiger partial charge in [0.15, 0.2) is 0 Å². The second-order valence-corrected chi connectivity index (χ2v) is 6.42. The third-order valence-corrected chi connectivity index (χ3v) is 5.02. The number of carbonyl (C=O) groups excluding carboxylic acids is 2. The molecular weight excluding hydrogens is 336 g/mol. The molecule has 2 heterocycles. The molecule has 1 atom stereocenters. The summed E-state index contributed by atoms with van der Waals surface area (Å²) in [7, 11) is 0. The molecule has 0 aliphatic carbocycles. The number of amides is 2. The number of terminal acetylenes is 1. The Hall–Kier alpha value is -2.77. The summed E-state index contributed by atoms with van der Waals surface area (Å²) in [5, 5.41) is 11.9. The van der Waals surface area contributed by atoms with Crippen molar-refractivity contribution in [3.05, 3.63) is 40.7 Å². The average Bonchev–Trinajstić information content (AvgIpc) is 2.95. The molecule has 7 heteroatoms. The summed E-state index contributed by atoms with van der Waals surface area (Å²) in [6.45, 7) is 2.24. The van der Waals surface area contributed by atoms with E-state index in [0.717, 1.165) is 5.69 Å². The molecule has 2 rings (SSSR count). The van der Waals surface area contributed by atoms with Gasteiger partial charge in [-0.2, -0.15) is 5.26 Å². The summed E-state index contributed by atoms with van der Waals surface area (Å²) < 4.78 is 0. The first-order valence-corrected chi connectivity index (χ1v) is 8.74. The van der Waals surface area contributed by atoms with Gasteiger partial charge in [0.2, 0.25) is 5.91 Å². The van der Waals surface area contributed by atoms with Crippen molar-refractivity contribution < 1.29 is 9.59 Å². The van der Waals surface area contributed by atoms with Gasteiger partial charge in [-0.3, -0.25) is 14.6 Å². The molecule has 1 aliphatic heterocycles. The van der Waals surface area contributed by atoms with Crippen LogP contribution in [-0.2, 0) is 16.0 Å². The van der Waals surface area contributed by atoms with Crippen molar-refractivity contribution in [1.82, 2.24) is 15.2 Å². The molecule has 0 spiro atoms. The minimum absolute atomic E-state index is 0.0329. The first-order valence-electron chi connectivity index (χ1n) is 7.86. The minimum Gasteiger partial charge on any atom is -0.340 e. The Balaban J connectivity index is 2.18. The maximum absolute atomic E-state index is 12.6. The summed E-state index contributed by atoms with van der Waals surface area (Å²) in [5.41, 5.74) is 0.833. The Bertz CT molecular complexity index is 762. The Labute approximate surface area is 151 Å². The molecule has 6 nitrogen and oxygen atoms in total. The standard InChI is InChI=1S/C18H18N4O2S/c1-3-10-21-16(23)14(12-19)18-22(4-2)17(24)15(25-18)9-8-13-7-5-6-11-20-13/h1,5-7,11,15H,4,8-10H2,2H3,(H,21,23). The third kappa shape index (κ3) is 4.40. The number of nitrogens with zero attached hydrogens (tertiary/aromatic N) is 3. The highest BCUT2D eigenvalue weighted by Gasteiger charge is 2.38. The van der Waals surface area contributed by atoms with E-state index in [9.17, 15) is 14.9 Å². The molecule has 1 fully saturated rings. The molecule has 2 amide bonds. The molecule has 1 aromatic heterocycles. The molecule has 0 aromatic carbocycles. The maximum Gasteiger partial charge on any atom is 0.265 e. The van der Waals surface area contributed by atoms with Gasteiger partial charge in [0.05, 0.1) is 11.8 Å². The number of aromatic nitrogens is 1. The van der Waals surface area contributed by atoms with E-state index >= 15 is 0 Å². The number of nitrogens with one attached hydrogen (secondary N) is 1. The molecule has 1 aromatic rings. The summed E-state index contributed by atoms with van der Waals surface area (Å²) in [4.78, 5) is 30.5. The van der Waals surface area contributed by atoms with Gasteiger partial charge >= 0.3 is 0 Å². The van der Waals surface area contributed by atoms with Crippen molar-refractivity contribution in [2.24, 2.45) is 0 Å². The molecule has 0 bridgehead atoms. The third-order valence-electron chi connectivity index (χ3n) is 3.65.